The summed E-state index contributed by atoms with van der Waals surface area (Å²) in [6.07, 6.45) is -0.954. The van der Waals surface area contributed by atoms with Crippen molar-refractivity contribution >= 4 is 37.7 Å². The minimum Gasteiger partial charge on any atom is -2.00 e. The maximum atomic E-state index is 8.17. The summed E-state index contributed by atoms with van der Waals surface area (Å²) in [5.41, 5.74) is 0. The quantitative estimate of drug-likeness (QED) is 0.389. The van der Waals surface area contributed by atoms with Gasteiger partial charge in [-0.1, -0.05) is 0 Å². The van der Waals surface area contributed by atoms with Crippen molar-refractivity contribution < 1.29 is 20.8 Å². The first-order valence-electron chi connectivity index (χ1n) is 1.71. The van der Waals surface area contributed by atoms with Gasteiger partial charge in [-0.2, -0.15) is 0 Å². The predicted octanol–water partition coefficient (Wildman–Crippen LogP) is -2.17. The van der Waals surface area contributed by atoms with Crippen molar-refractivity contribution in [1.82, 2.24) is 0 Å². The van der Waals surface area contributed by atoms with Gasteiger partial charge in [-0.05, 0) is 0 Å². The summed E-state index contributed by atoms with van der Waals surface area (Å²) in [4.78, 5) is 0. The number of aliphatic hydroxyl groups excluding tert-OH is 3. The standard InChI is InChI=1S/C3H8O3.Ca.O/c4-1-3(6)2-5;;/h3-6H,1-2H2;;/q;+2;-2. The minimum atomic E-state index is -0.954. The van der Waals surface area contributed by atoms with Crippen molar-refractivity contribution in [2.75, 3.05) is 13.2 Å². The molecular formula is C3H8CaO4. The van der Waals surface area contributed by atoms with Crippen LogP contribution in [0.15, 0.2) is 0 Å². The predicted molar refractivity (Wildman–Crippen MR) is 26.6 cm³/mol. The first kappa shape index (κ1) is 16.0. The van der Waals surface area contributed by atoms with Gasteiger partial charge < -0.3 is 20.8 Å². The first-order valence-corrected chi connectivity index (χ1v) is 1.71. The molecule has 0 bridgehead atoms. The summed E-state index contributed by atoms with van der Waals surface area (Å²) in [5.74, 6) is 0. The van der Waals surface area contributed by atoms with E-state index in [4.69, 9.17) is 15.3 Å². The topological polar surface area (TPSA) is 89.2 Å². The van der Waals surface area contributed by atoms with Crippen molar-refractivity contribution in [2.24, 2.45) is 0 Å². The van der Waals surface area contributed by atoms with Crippen LogP contribution in [-0.2, 0) is 5.48 Å². The first-order chi connectivity index (χ1) is 2.81. The van der Waals surface area contributed by atoms with Crippen LogP contribution >= 0.6 is 0 Å². The Hall–Kier alpha value is 1.10. The van der Waals surface area contributed by atoms with E-state index in [2.05, 4.69) is 0 Å². The van der Waals surface area contributed by atoms with Crippen molar-refractivity contribution in [2.45, 2.75) is 6.10 Å². The molecule has 0 atom stereocenters. The average molecular weight is 148 g/mol. The van der Waals surface area contributed by atoms with Crippen LogP contribution in [0.3, 0.4) is 0 Å². The average Bonchev–Trinajstić information content (AvgIpc) is 1.65. The Bertz CT molecular complexity index is 30.5. The Kier molecular flexibility index (Phi) is 22.0. The molecule has 0 aromatic heterocycles. The van der Waals surface area contributed by atoms with E-state index < -0.39 is 6.10 Å². The zero-order chi connectivity index (χ0) is 4.99. The molecule has 0 aliphatic heterocycles. The summed E-state index contributed by atoms with van der Waals surface area (Å²) >= 11 is 0. The molecule has 0 saturated carbocycles. The number of hydrogen-bond acceptors (Lipinski definition) is 3. The second-order valence-electron chi connectivity index (χ2n) is 1.02. The molecule has 0 saturated heterocycles. The van der Waals surface area contributed by atoms with E-state index in [1.165, 1.54) is 0 Å². The van der Waals surface area contributed by atoms with Gasteiger partial charge >= 0.3 is 37.7 Å². The summed E-state index contributed by atoms with van der Waals surface area (Å²) in [5, 5.41) is 24.0. The molecule has 5 heteroatoms. The van der Waals surface area contributed by atoms with E-state index in [0.29, 0.717) is 0 Å². The third kappa shape index (κ3) is 10.2. The fraction of sp³-hybridized carbons (Fsp3) is 1.00. The molecule has 0 aromatic rings. The van der Waals surface area contributed by atoms with E-state index in [9.17, 15) is 0 Å². The summed E-state index contributed by atoms with van der Waals surface area (Å²) < 4.78 is 0. The zero-order valence-corrected chi connectivity index (χ0v) is 6.66. The molecule has 3 N–H and O–H groups in total. The van der Waals surface area contributed by atoms with Gasteiger partial charge in [0.15, 0.2) is 0 Å². The van der Waals surface area contributed by atoms with Gasteiger partial charge in [-0.3, -0.25) is 0 Å². The Labute approximate surface area is 77.4 Å². The van der Waals surface area contributed by atoms with E-state index in [1.54, 1.807) is 0 Å². The van der Waals surface area contributed by atoms with Crippen LogP contribution in [0.2, 0.25) is 0 Å². The van der Waals surface area contributed by atoms with Crippen molar-refractivity contribution in [1.29, 1.82) is 0 Å². The summed E-state index contributed by atoms with van der Waals surface area (Å²) in [7, 11) is 0. The van der Waals surface area contributed by atoms with Crippen LogP contribution in [0.5, 0.6) is 0 Å². The van der Waals surface area contributed by atoms with Gasteiger partial charge in [0.05, 0.1) is 13.2 Å². The molecule has 0 aliphatic rings. The van der Waals surface area contributed by atoms with Gasteiger partial charge in [0.1, 0.15) is 6.10 Å². The maximum Gasteiger partial charge on any atom is 2.00 e. The SMILES string of the molecule is OCC(O)CO.[Ca+2].[O-2]. The van der Waals surface area contributed by atoms with Crippen LogP contribution in [0.25, 0.3) is 0 Å². The summed E-state index contributed by atoms with van der Waals surface area (Å²) in [6.45, 7) is -0.729. The number of hydrogen-bond donors (Lipinski definition) is 3. The van der Waals surface area contributed by atoms with Crippen LogP contribution in [0.1, 0.15) is 0 Å². The second-order valence-corrected chi connectivity index (χ2v) is 1.02. The van der Waals surface area contributed by atoms with E-state index >= 15 is 0 Å². The third-order valence-electron chi connectivity index (χ3n) is 0.421. The monoisotopic (exact) mass is 148 g/mol. The normalized spacial score (nSPS) is 7.50. The van der Waals surface area contributed by atoms with Crippen LogP contribution in [-0.4, -0.2) is 72.4 Å². The molecule has 0 spiro atoms. The molecule has 0 rings (SSSR count). The smallest absolute Gasteiger partial charge is 2.00 e. The van der Waals surface area contributed by atoms with Gasteiger partial charge in [0, 0.05) is 0 Å². The van der Waals surface area contributed by atoms with Crippen LogP contribution in [0.4, 0.5) is 0 Å². The third-order valence-corrected chi connectivity index (χ3v) is 0.421. The fourth-order valence-electron chi connectivity index (χ4n) is 0.0577. The largest absolute Gasteiger partial charge is 2.00 e. The Morgan fingerprint density at radius 2 is 1.38 bits per heavy atom. The van der Waals surface area contributed by atoms with E-state index in [-0.39, 0.29) is 56.4 Å². The molecule has 0 unspecified atom stereocenters. The maximum absolute atomic E-state index is 8.17. The summed E-state index contributed by atoms with van der Waals surface area (Å²) in [6, 6.07) is 0. The molecule has 46 valence electrons. The molecule has 0 heterocycles. The van der Waals surface area contributed by atoms with Crippen molar-refractivity contribution in [3.8, 4) is 0 Å². The van der Waals surface area contributed by atoms with Gasteiger partial charge in [-0.15, -0.1) is 0 Å². The minimum absolute atomic E-state index is 0. The molecule has 0 amide bonds. The van der Waals surface area contributed by atoms with Crippen LogP contribution < -0.4 is 0 Å². The second kappa shape index (κ2) is 11.0. The Morgan fingerprint density at radius 3 is 1.38 bits per heavy atom. The number of rotatable bonds is 2. The Balaban J connectivity index is -0.000000125. The van der Waals surface area contributed by atoms with Gasteiger partial charge in [-0.25, -0.2) is 0 Å². The van der Waals surface area contributed by atoms with Crippen LogP contribution in [0, 0.1) is 0 Å². The molecule has 0 aliphatic carbocycles. The van der Waals surface area contributed by atoms with Gasteiger partial charge in [0.25, 0.3) is 0 Å². The van der Waals surface area contributed by atoms with Crippen molar-refractivity contribution in [3.05, 3.63) is 0 Å². The fourth-order valence-corrected chi connectivity index (χ4v) is 0.0577. The molecular weight excluding hydrogens is 140 g/mol. The van der Waals surface area contributed by atoms with E-state index in [1.807, 2.05) is 0 Å². The van der Waals surface area contributed by atoms with Crippen molar-refractivity contribution in [3.63, 3.8) is 0 Å². The van der Waals surface area contributed by atoms with Gasteiger partial charge in [0.2, 0.25) is 0 Å². The molecule has 0 fully saturated rings. The zero-order valence-electron chi connectivity index (χ0n) is 4.45. The molecule has 8 heavy (non-hydrogen) atoms. The molecule has 0 aromatic carbocycles. The Morgan fingerprint density at radius 1 is 1.12 bits per heavy atom. The molecule has 4 nitrogen and oxygen atoms in total. The molecule has 0 radical (unpaired) electrons. The van der Waals surface area contributed by atoms with E-state index in [0.717, 1.165) is 0 Å². The number of aliphatic hydroxyl groups is 3.